The van der Waals surface area contributed by atoms with Crippen LogP contribution in [-0.2, 0) is 4.79 Å². The lowest BCUT2D eigenvalue weighted by Gasteiger charge is -2.27. The summed E-state index contributed by atoms with van der Waals surface area (Å²) in [6.07, 6.45) is 7.69. The van der Waals surface area contributed by atoms with E-state index >= 15 is 0 Å². The van der Waals surface area contributed by atoms with Gasteiger partial charge in [0.15, 0.2) is 0 Å². The SMILES string of the molecule is CCCCC1CCC(C(=O)Nc2cc(OC)c(C(=O)O)cc2Cl)CC1. The average molecular weight is 368 g/mol. The molecule has 0 saturated heterocycles. The number of carbonyl (C=O) groups is 2. The topological polar surface area (TPSA) is 75.6 Å². The smallest absolute Gasteiger partial charge is 0.339 e. The number of ether oxygens (including phenoxy) is 1. The number of nitrogens with one attached hydrogen (secondary N) is 1. The van der Waals surface area contributed by atoms with Gasteiger partial charge in [0, 0.05) is 12.0 Å². The van der Waals surface area contributed by atoms with Crippen molar-refractivity contribution in [1.82, 2.24) is 0 Å². The first-order valence-electron chi connectivity index (χ1n) is 8.87. The maximum atomic E-state index is 12.5. The van der Waals surface area contributed by atoms with E-state index in [-0.39, 0.29) is 28.2 Å². The molecule has 1 aliphatic rings. The number of benzene rings is 1. The van der Waals surface area contributed by atoms with Gasteiger partial charge in [-0.1, -0.05) is 37.8 Å². The van der Waals surface area contributed by atoms with Crippen molar-refractivity contribution in [2.24, 2.45) is 11.8 Å². The lowest BCUT2D eigenvalue weighted by Crippen LogP contribution is -2.27. The highest BCUT2D eigenvalue weighted by atomic mass is 35.5. The molecule has 1 saturated carbocycles. The molecular weight excluding hydrogens is 342 g/mol. The van der Waals surface area contributed by atoms with E-state index in [9.17, 15) is 9.59 Å². The summed E-state index contributed by atoms with van der Waals surface area (Å²) in [5.41, 5.74) is 0.364. The highest BCUT2D eigenvalue weighted by Crippen LogP contribution is 2.35. The van der Waals surface area contributed by atoms with Crippen LogP contribution in [0.3, 0.4) is 0 Å². The number of methoxy groups -OCH3 is 1. The third-order valence-corrected chi connectivity index (χ3v) is 5.27. The van der Waals surface area contributed by atoms with Crippen molar-refractivity contribution in [3.8, 4) is 5.75 Å². The van der Waals surface area contributed by atoms with Crippen molar-refractivity contribution < 1.29 is 19.4 Å². The van der Waals surface area contributed by atoms with Gasteiger partial charge in [0.1, 0.15) is 11.3 Å². The quantitative estimate of drug-likeness (QED) is 0.712. The third kappa shape index (κ3) is 5.11. The van der Waals surface area contributed by atoms with Gasteiger partial charge in [-0.25, -0.2) is 4.79 Å². The third-order valence-electron chi connectivity index (χ3n) is 4.96. The number of hydrogen-bond acceptors (Lipinski definition) is 3. The fourth-order valence-electron chi connectivity index (χ4n) is 3.43. The Labute approximate surface area is 153 Å². The van der Waals surface area contributed by atoms with Crippen molar-refractivity contribution in [2.75, 3.05) is 12.4 Å². The summed E-state index contributed by atoms with van der Waals surface area (Å²) < 4.78 is 5.09. The van der Waals surface area contributed by atoms with Crippen LogP contribution < -0.4 is 10.1 Å². The molecule has 1 aliphatic carbocycles. The number of hydrogen-bond donors (Lipinski definition) is 2. The predicted octanol–water partition coefficient (Wildman–Crippen LogP) is 4.98. The molecule has 0 aromatic heterocycles. The second-order valence-corrected chi connectivity index (χ2v) is 7.09. The van der Waals surface area contributed by atoms with Crippen LogP contribution in [0.25, 0.3) is 0 Å². The number of anilines is 1. The largest absolute Gasteiger partial charge is 0.496 e. The van der Waals surface area contributed by atoms with Crippen LogP contribution in [0.2, 0.25) is 5.02 Å². The molecule has 0 heterocycles. The summed E-state index contributed by atoms with van der Waals surface area (Å²) in [6, 6.07) is 2.77. The normalized spacial score (nSPS) is 20.1. The molecule has 0 bridgehead atoms. The molecule has 0 unspecified atom stereocenters. The molecule has 1 amide bonds. The molecule has 1 aromatic rings. The van der Waals surface area contributed by atoms with E-state index < -0.39 is 5.97 Å². The maximum absolute atomic E-state index is 12.5. The summed E-state index contributed by atoms with van der Waals surface area (Å²) in [4.78, 5) is 23.7. The first-order valence-corrected chi connectivity index (χ1v) is 9.25. The minimum absolute atomic E-state index is 0.0147. The number of aromatic carboxylic acids is 1. The van der Waals surface area contributed by atoms with Gasteiger partial charge in [-0.2, -0.15) is 0 Å². The van der Waals surface area contributed by atoms with Gasteiger partial charge in [0.25, 0.3) is 0 Å². The van der Waals surface area contributed by atoms with Crippen LogP contribution in [0.4, 0.5) is 5.69 Å². The molecule has 2 N–H and O–H groups in total. The van der Waals surface area contributed by atoms with Crippen molar-refractivity contribution in [3.05, 3.63) is 22.7 Å². The molecule has 138 valence electrons. The highest BCUT2D eigenvalue weighted by Gasteiger charge is 2.27. The Balaban J connectivity index is 2.00. The van der Waals surface area contributed by atoms with Gasteiger partial charge in [-0.05, 0) is 37.7 Å². The first kappa shape index (κ1) is 19.6. The van der Waals surface area contributed by atoms with E-state index in [1.807, 2.05) is 0 Å². The monoisotopic (exact) mass is 367 g/mol. The summed E-state index contributed by atoms with van der Waals surface area (Å²) >= 11 is 6.13. The number of unbranched alkanes of at least 4 members (excludes halogenated alkanes) is 1. The number of carbonyl (C=O) groups excluding carboxylic acids is 1. The molecule has 5 nitrogen and oxygen atoms in total. The van der Waals surface area contributed by atoms with Gasteiger partial charge in [0.2, 0.25) is 5.91 Å². The predicted molar refractivity (Wildman–Crippen MR) is 98.6 cm³/mol. The van der Waals surface area contributed by atoms with Crippen LogP contribution in [0.1, 0.15) is 62.2 Å². The van der Waals surface area contributed by atoms with E-state index in [2.05, 4.69) is 12.2 Å². The van der Waals surface area contributed by atoms with E-state index in [1.54, 1.807) is 0 Å². The Morgan fingerprint density at radius 3 is 2.52 bits per heavy atom. The number of carboxylic acids is 1. The van der Waals surface area contributed by atoms with Gasteiger partial charge < -0.3 is 15.2 Å². The highest BCUT2D eigenvalue weighted by molar-refractivity contribution is 6.34. The van der Waals surface area contributed by atoms with Crippen LogP contribution in [-0.4, -0.2) is 24.1 Å². The van der Waals surface area contributed by atoms with Crippen LogP contribution in [0.15, 0.2) is 12.1 Å². The molecule has 25 heavy (non-hydrogen) atoms. The van der Waals surface area contributed by atoms with E-state index in [0.29, 0.717) is 5.69 Å². The molecule has 1 aromatic carbocycles. The zero-order chi connectivity index (χ0) is 18.4. The maximum Gasteiger partial charge on any atom is 0.339 e. The van der Waals surface area contributed by atoms with Crippen molar-refractivity contribution >= 4 is 29.2 Å². The number of halogens is 1. The second-order valence-electron chi connectivity index (χ2n) is 6.69. The Morgan fingerprint density at radius 2 is 1.96 bits per heavy atom. The van der Waals surface area contributed by atoms with Gasteiger partial charge in [-0.15, -0.1) is 0 Å². The molecule has 0 radical (unpaired) electrons. The van der Waals surface area contributed by atoms with Crippen molar-refractivity contribution in [1.29, 1.82) is 0 Å². The second kappa shape index (κ2) is 9.09. The van der Waals surface area contributed by atoms with Gasteiger partial charge in [0.05, 0.1) is 17.8 Å². The molecule has 0 aliphatic heterocycles. The lowest BCUT2D eigenvalue weighted by molar-refractivity contribution is -0.121. The van der Waals surface area contributed by atoms with Crippen molar-refractivity contribution in [2.45, 2.75) is 51.9 Å². The number of rotatable bonds is 7. The Bertz CT molecular complexity index is 624. The zero-order valence-electron chi connectivity index (χ0n) is 14.8. The Hall–Kier alpha value is -1.75. The molecule has 6 heteroatoms. The summed E-state index contributed by atoms with van der Waals surface area (Å²) in [5.74, 6) is -0.278. The summed E-state index contributed by atoms with van der Waals surface area (Å²) in [5, 5.41) is 12.2. The molecule has 0 spiro atoms. The summed E-state index contributed by atoms with van der Waals surface area (Å²) in [6.45, 7) is 2.20. The fraction of sp³-hybridized carbons (Fsp3) is 0.579. The van der Waals surface area contributed by atoms with E-state index in [1.165, 1.54) is 38.5 Å². The molecule has 2 rings (SSSR count). The lowest BCUT2D eigenvalue weighted by atomic mass is 9.79. The van der Waals surface area contributed by atoms with Gasteiger partial charge >= 0.3 is 5.97 Å². The fourth-order valence-corrected chi connectivity index (χ4v) is 3.64. The minimum Gasteiger partial charge on any atom is -0.496 e. The van der Waals surface area contributed by atoms with E-state index in [0.717, 1.165) is 31.6 Å². The first-order chi connectivity index (χ1) is 12.0. The Kier molecular flexibility index (Phi) is 7.12. The Morgan fingerprint density at radius 1 is 1.28 bits per heavy atom. The minimum atomic E-state index is -1.12. The molecule has 1 fully saturated rings. The van der Waals surface area contributed by atoms with Crippen molar-refractivity contribution in [3.63, 3.8) is 0 Å². The van der Waals surface area contributed by atoms with Crippen LogP contribution >= 0.6 is 11.6 Å². The molecular formula is C19H26ClNO4. The summed E-state index contributed by atoms with van der Waals surface area (Å²) in [7, 11) is 1.39. The van der Waals surface area contributed by atoms with Crippen LogP contribution in [0.5, 0.6) is 5.75 Å². The van der Waals surface area contributed by atoms with Crippen LogP contribution in [0, 0.1) is 11.8 Å². The number of carboxylic acid groups (broad SMARTS) is 1. The standard InChI is InChI=1S/C19H26ClNO4/c1-3-4-5-12-6-8-13(9-7-12)18(22)21-16-11-17(25-2)14(19(23)24)10-15(16)20/h10-13H,3-9H2,1-2H3,(H,21,22)(H,23,24). The van der Waals surface area contributed by atoms with Gasteiger partial charge in [-0.3, -0.25) is 4.79 Å². The van der Waals surface area contributed by atoms with E-state index in [4.69, 9.17) is 21.4 Å². The zero-order valence-corrected chi connectivity index (χ0v) is 15.6. The molecule has 0 atom stereocenters. The average Bonchev–Trinajstić information content (AvgIpc) is 2.61. The number of amides is 1.